The summed E-state index contributed by atoms with van der Waals surface area (Å²) in [6, 6.07) is 1.26. The lowest BCUT2D eigenvalue weighted by Crippen LogP contribution is -2.40. The van der Waals surface area contributed by atoms with Crippen LogP contribution in [0.5, 0.6) is 0 Å². The van der Waals surface area contributed by atoms with E-state index in [4.69, 9.17) is 4.74 Å². The number of rotatable bonds is 1. The third-order valence-corrected chi connectivity index (χ3v) is 4.67. The van der Waals surface area contributed by atoms with E-state index in [1.54, 1.807) is 0 Å². The van der Waals surface area contributed by atoms with E-state index in [0.29, 0.717) is 25.3 Å². The molecule has 2 bridgehead atoms. The van der Waals surface area contributed by atoms with Crippen LogP contribution in [0.4, 0.5) is 0 Å². The average Bonchev–Trinajstić information content (AvgIpc) is 2.64. The Morgan fingerprint density at radius 1 is 1.33 bits per heavy atom. The maximum atomic E-state index is 12.5. The zero-order chi connectivity index (χ0) is 12.5. The third-order valence-electron chi connectivity index (χ3n) is 4.67. The number of likely N-dealkylation sites (tertiary alicyclic amines) is 1. The maximum Gasteiger partial charge on any atom is 0.249 e. The Bertz CT molecular complexity index is 367. The summed E-state index contributed by atoms with van der Waals surface area (Å²) < 4.78 is 5.27. The number of amides is 1. The van der Waals surface area contributed by atoms with Crippen LogP contribution in [0.25, 0.3) is 0 Å². The lowest BCUT2D eigenvalue weighted by atomic mass is 10.1. The van der Waals surface area contributed by atoms with Crippen molar-refractivity contribution in [3.63, 3.8) is 0 Å². The Kier molecular flexibility index (Phi) is 3.39. The Hall–Kier alpha value is -0.870. The first-order valence-corrected chi connectivity index (χ1v) is 7.03. The summed E-state index contributed by atoms with van der Waals surface area (Å²) in [5, 5.41) is 0. The molecule has 0 aromatic carbocycles. The molecule has 3 heterocycles. The summed E-state index contributed by atoms with van der Waals surface area (Å²) in [6.07, 6.45) is 6.41. The summed E-state index contributed by atoms with van der Waals surface area (Å²) >= 11 is 0. The van der Waals surface area contributed by atoms with Crippen molar-refractivity contribution >= 4 is 5.91 Å². The second kappa shape index (κ2) is 5.02. The van der Waals surface area contributed by atoms with E-state index in [1.807, 2.05) is 6.08 Å². The number of nitrogens with zero attached hydrogens (tertiary/aromatic N) is 2. The van der Waals surface area contributed by atoms with E-state index in [9.17, 15) is 4.79 Å². The molecule has 0 aliphatic carbocycles. The first-order chi connectivity index (χ1) is 8.75. The van der Waals surface area contributed by atoms with Crippen LogP contribution in [0.15, 0.2) is 11.6 Å². The summed E-state index contributed by atoms with van der Waals surface area (Å²) in [6.45, 7) is 3.12. The molecule has 2 unspecified atom stereocenters. The summed E-state index contributed by atoms with van der Waals surface area (Å²) in [4.78, 5) is 17.0. The van der Waals surface area contributed by atoms with Crippen LogP contribution in [0.1, 0.15) is 25.7 Å². The van der Waals surface area contributed by atoms with Gasteiger partial charge in [-0.2, -0.15) is 0 Å². The van der Waals surface area contributed by atoms with E-state index < -0.39 is 0 Å². The molecule has 4 nitrogen and oxygen atoms in total. The molecule has 0 aromatic heterocycles. The second-order valence-corrected chi connectivity index (χ2v) is 5.64. The van der Waals surface area contributed by atoms with Gasteiger partial charge in [-0.05, 0) is 26.3 Å². The molecule has 2 saturated heterocycles. The van der Waals surface area contributed by atoms with Crippen molar-refractivity contribution in [2.24, 2.45) is 0 Å². The number of carbonyl (C=O) groups is 1. The predicted molar refractivity (Wildman–Crippen MR) is 69.3 cm³/mol. The van der Waals surface area contributed by atoms with Crippen LogP contribution in [0.3, 0.4) is 0 Å². The van der Waals surface area contributed by atoms with Crippen LogP contribution in [0, 0.1) is 0 Å². The van der Waals surface area contributed by atoms with Crippen LogP contribution in [-0.2, 0) is 9.53 Å². The number of likely N-dealkylation sites (N-methyl/N-ethyl adjacent to an activating group) is 1. The molecule has 18 heavy (non-hydrogen) atoms. The van der Waals surface area contributed by atoms with Crippen molar-refractivity contribution in [2.45, 2.75) is 37.8 Å². The Morgan fingerprint density at radius 3 is 2.94 bits per heavy atom. The fourth-order valence-electron chi connectivity index (χ4n) is 3.42. The Labute approximate surface area is 109 Å². The Morgan fingerprint density at radius 2 is 2.17 bits per heavy atom. The lowest BCUT2D eigenvalue weighted by molar-refractivity contribution is -0.128. The molecule has 0 saturated carbocycles. The Balaban J connectivity index is 1.69. The highest BCUT2D eigenvalue weighted by atomic mass is 16.5. The lowest BCUT2D eigenvalue weighted by Gasteiger charge is -2.27. The van der Waals surface area contributed by atoms with Crippen molar-refractivity contribution < 1.29 is 9.53 Å². The molecule has 2 atom stereocenters. The highest BCUT2D eigenvalue weighted by Crippen LogP contribution is 2.29. The van der Waals surface area contributed by atoms with Gasteiger partial charge in [0.25, 0.3) is 0 Å². The molecule has 0 spiro atoms. The normalized spacial score (nSPS) is 33.2. The molecule has 2 fully saturated rings. The fraction of sp³-hybridized carbons (Fsp3) is 0.786. The van der Waals surface area contributed by atoms with Gasteiger partial charge in [0.05, 0.1) is 13.2 Å². The molecule has 0 N–H and O–H groups in total. The highest BCUT2D eigenvalue weighted by Gasteiger charge is 2.36. The topological polar surface area (TPSA) is 32.8 Å². The second-order valence-electron chi connectivity index (χ2n) is 5.64. The number of ether oxygens (including phenoxy) is 1. The van der Waals surface area contributed by atoms with E-state index in [1.165, 1.54) is 12.8 Å². The summed E-state index contributed by atoms with van der Waals surface area (Å²) in [5.74, 6) is 0.249. The fourth-order valence-corrected chi connectivity index (χ4v) is 3.42. The van der Waals surface area contributed by atoms with Gasteiger partial charge in [-0.1, -0.05) is 6.08 Å². The SMILES string of the molecule is CN1C2CCC1CN(C(=O)C1=CCOCC1)CC2. The smallest absolute Gasteiger partial charge is 0.249 e. The molecule has 1 amide bonds. The maximum absolute atomic E-state index is 12.5. The molecule has 3 aliphatic rings. The molecule has 0 radical (unpaired) electrons. The van der Waals surface area contributed by atoms with Crippen molar-refractivity contribution in [3.8, 4) is 0 Å². The molecular formula is C14H22N2O2. The first kappa shape index (κ1) is 12.2. The van der Waals surface area contributed by atoms with Crippen LogP contribution in [-0.4, -0.2) is 61.1 Å². The minimum atomic E-state index is 0.249. The molecule has 100 valence electrons. The van der Waals surface area contributed by atoms with E-state index in [2.05, 4.69) is 16.8 Å². The van der Waals surface area contributed by atoms with Crippen molar-refractivity contribution in [1.29, 1.82) is 0 Å². The van der Waals surface area contributed by atoms with Gasteiger partial charge in [0.2, 0.25) is 5.91 Å². The van der Waals surface area contributed by atoms with Gasteiger partial charge in [-0.15, -0.1) is 0 Å². The van der Waals surface area contributed by atoms with Crippen LogP contribution < -0.4 is 0 Å². The van der Waals surface area contributed by atoms with Crippen molar-refractivity contribution in [3.05, 3.63) is 11.6 Å². The molecule has 3 rings (SSSR count). The first-order valence-electron chi connectivity index (χ1n) is 7.03. The zero-order valence-electron chi connectivity index (χ0n) is 11.1. The predicted octanol–water partition coefficient (Wildman–Crippen LogP) is 1.03. The van der Waals surface area contributed by atoms with E-state index >= 15 is 0 Å². The van der Waals surface area contributed by atoms with E-state index in [-0.39, 0.29) is 5.91 Å². The van der Waals surface area contributed by atoms with Crippen LogP contribution >= 0.6 is 0 Å². The van der Waals surface area contributed by atoms with Gasteiger partial charge in [-0.25, -0.2) is 0 Å². The minimum absolute atomic E-state index is 0.249. The average molecular weight is 250 g/mol. The standard InChI is InChI=1S/C14H22N2O2/c1-15-12-2-3-13(15)10-16(7-4-12)14(17)11-5-8-18-9-6-11/h5,12-13H,2-4,6-10H2,1H3. The minimum Gasteiger partial charge on any atom is -0.377 e. The molecule has 4 heteroatoms. The highest BCUT2D eigenvalue weighted by molar-refractivity contribution is 5.93. The van der Waals surface area contributed by atoms with Gasteiger partial charge < -0.3 is 9.64 Å². The summed E-state index contributed by atoms with van der Waals surface area (Å²) in [7, 11) is 2.21. The molecule has 3 aliphatic heterocycles. The van der Waals surface area contributed by atoms with Crippen molar-refractivity contribution in [2.75, 3.05) is 33.4 Å². The van der Waals surface area contributed by atoms with Crippen molar-refractivity contribution in [1.82, 2.24) is 9.80 Å². The largest absolute Gasteiger partial charge is 0.377 e. The number of fused-ring (bicyclic) bond motifs is 2. The van der Waals surface area contributed by atoms with Gasteiger partial charge in [0.1, 0.15) is 0 Å². The monoisotopic (exact) mass is 250 g/mol. The number of hydrogen-bond acceptors (Lipinski definition) is 3. The number of hydrogen-bond donors (Lipinski definition) is 0. The third kappa shape index (κ3) is 2.19. The van der Waals surface area contributed by atoms with Gasteiger partial charge in [-0.3, -0.25) is 9.69 Å². The molecular weight excluding hydrogens is 228 g/mol. The summed E-state index contributed by atoms with van der Waals surface area (Å²) in [5.41, 5.74) is 0.960. The van der Waals surface area contributed by atoms with Gasteiger partial charge >= 0.3 is 0 Å². The zero-order valence-corrected chi connectivity index (χ0v) is 11.1. The quantitative estimate of drug-likeness (QED) is 0.697. The van der Waals surface area contributed by atoms with Gasteiger partial charge in [0, 0.05) is 37.2 Å². The number of carbonyl (C=O) groups excluding carboxylic acids is 1. The van der Waals surface area contributed by atoms with Crippen LogP contribution in [0.2, 0.25) is 0 Å². The van der Waals surface area contributed by atoms with E-state index in [0.717, 1.165) is 31.5 Å². The van der Waals surface area contributed by atoms with Gasteiger partial charge in [0.15, 0.2) is 0 Å². The molecule has 0 aromatic rings.